The third kappa shape index (κ3) is 5.51. The predicted molar refractivity (Wildman–Crippen MR) is 89.9 cm³/mol. The van der Waals surface area contributed by atoms with E-state index in [1.165, 1.54) is 6.07 Å². The molecular formula is C17H14Cl2FNO3. The lowest BCUT2D eigenvalue weighted by Gasteiger charge is -2.08. The zero-order valence-electron chi connectivity index (χ0n) is 12.5. The summed E-state index contributed by atoms with van der Waals surface area (Å²) in [5, 5.41) is 3.33. The number of carbonyl (C=O) groups excluding carboxylic acids is 2. The van der Waals surface area contributed by atoms with Crippen molar-refractivity contribution >= 4 is 35.1 Å². The standard InChI is InChI=1S/C17H14Cl2FNO3/c18-12-3-1-11(2-4-12)7-8-21-16(22)10-24-17(23)14-9-13(20)5-6-15(14)19/h1-6,9H,7-8,10H2,(H,21,22). The highest BCUT2D eigenvalue weighted by molar-refractivity contribution is 6.33. The minimum atomic E-state index is -0.854. The van der Waals surface area contributed by atoms with Gasteiger partial charge in [-0.05, 0) is 42.3 Å². The Labute approximate surface area is 148 Å². The van der Waals surface area contributed by atoms with Crippen molar-refractivity contribution in [3.05, 3.63) is 69.5 Å². The van der Waals surface area contributed by atoms with E-state index in [4.69, 9.17) is 27.9 Å². The van der Waals surface area contributed by atoms with Crippen LogP contribution in [0.15, 0.2) is 42.5 Å². The summed E-state index contributed by atoms with van der Waals surface area (Å²) in [7, 11) is 0. The van der Waals surface area contributed by atoms with Crippen LogP contribution in [0.4, 0.5) is 4.39 Å². The summed E-state index contributed by atoms with van der Waals surface area (Å²) >= 11 is 11.6. The zero-order chi connectivity index (χ0) is 17.5. The first-order valence-corrected chi connectivity index (χ1v) is 7.84. The van der Waals surface area contributed by atoms with Gasteiger partial charge in [0.25, 0.3) is 5.91 Å². The maximum absolute atomic E-state index is 13.1. The molecule has 0 aromatic heterocycles. The molecule has 0 aliphatic carbocycles. The first-order valence-electron chi connectivity index (χ1n) is 7.09. The van der Waals surface area contributed by atoms with E-state index in [2.05, 4.69) is 5.32 Å². The number of amides is 1. The summed E-state index contributed by atoms with van der Waals surface area (Å²) in [5.41, 5.74) is 0.897. The molecule has 0 radical (unpaired) electrons. The Hall–Kier alpha value is -2.11. The largest absolute Gasteiger partial charge is 0.452 e. The quantitative estimate of drug-likeness (QED) is 0.790. The zero-order valence-corrected chi connectivity index (χ0v) is 14.0. The van der Waals surface area contributed by atoms with Crippen molar-refractivity contribution in [3.8, 4) is 0 Å². The Morgan fingerprint density at radius 2 is 1.79 bits per heavy atom. The van der Waals surface area contributed by atoms with Gasteiger partial charge in [0, 0.05) is 11.6 Å². The minimum Gasteiger partial charge on any atom is -0.452 e. The van der Waals surface area contributed by atoms with Gasteiger partial charge in [0.2, 0.25) is 0 Å². The summed E-state index contributed by atoms with van der Waals surface area (Å²) < 4.78 is 17.9. The average Bonchev–Trinajstić information content (AvgIpc) is 2.56. The molecule has 0 fully saturated rings. The molecule has 0 saturated carbocycles. The first-order chi connectivity index (χ1) is 11.5. The molecule has 1 amide bonds. The fraction of sp³-hybridized carbons (Fsp3) is 0.176. The van der Waals surface area contributed by atoms with E-state index >= 15 is 0 Å². The summed E-state index contributed by atoms with van der Waals surface area (Å²) in [5.74, 6) is -1.92. The van der Waals surface area contributed by atoms with Crippen LogP contribution in [0, 0.1) is 5.82 Å². The van der Waals surface area contributed by atoms with Crippen molar-refractivity contribution in [2.75, 3.05) is 13.2 Å². The summed E-state index contributed by atoms with van der Waals surface area (Å²) in [4.78, 5) is 23.4. The van der Waals surface area contributed by atoms with E-state index in [-0.39, 0.29) is 10.6 Å². The van der Waals surface area contributed by atoms with E-state index in [0.717, 1.165) is 17.7 Å². The molecule has 7 heteroatoms. The van der Waals surface area contributed by atoms with Crippen molar-refractivity contribution in [3.63, 3.8) is 0 Å². The molecule has 0 bridgehead atoms. The maximum atomic E-state index is 13.1. The molecule has 0 aliphatic rings. The number of halogens is 3. The Balaban J connectivity index is 1.75. The molecule has 0 spiro atoms. The third-order valence-electron chi connectivity index (χ3n) is 3.13. The molecule has 0 aliphatic heterocycles. The van der Waals surface area contributed by atoms with E-state index < -0.39 is 24.3 Å². The van der Waals surface area contributed by atoms with Crippen LogP contribution in [0.25, 0.3) is 0 Å². The van der Waals surface area contributed by atoms with E-state index in [1.54, 1.807) is 12.1 Å². The van der Waals surface area contributed by atoms with E-state index in [0.29, 0.717) is 18.0 Å². The summed E-state index contributed by atoms with van der Waals surface area (Å²) in [6, 6.07) is 10.6. The predicted octanol–water partition coefficient (Wildman–Crippen LogP) is 3.65. The van der Waals surface area contributed by atoms with Crippen molar-refractivity contribution < 1.29 is 18.7 Å². The van der Waals surface area contributed by atoms with Gasteiger partial charge in [0.1, 0.15) is 5.82 Å². The fourth-order valence-electron chi connectivity index (χ4n) is 1.91. The highest BCUT2D eigenvalue weighted by Gasteiger charge is 2.14. The Kier molecular flexibility index (Phi) is 6.58. The van der Waals surface area contributed by atoms with Crippen LogP contribution in [0.3, 0.4) is 0 Å². The number of esters is 1. The lowest BCUT2D eigenvalue weighted by molar-refractivity contribution is -0.124. The number of hydrogen-bond acceptors (Lipinski definition) is 3. The van der Waals surface area contributed by atoms with E-state index in [9.17, 15) is 14.0 Å². The normalized spacial score (nSPS) is 10.3. The molecular weight excluding hydrogens is 356 g/mol. The molecule has 4 nitrogen and oxygen atoms in total. The second kappa shape index (κ2) is 8.66. The molecule has 2 rings (SSSR count). The first kappa shape index (κ1) is 18.2. The van der Waals surface area contributed by atoms with Gasteiger partial charge in [-0.2, -0.15) is 0 Å². The lowest BCUT2D eigenvalue weighted by Crippen LogP contribution is -2.30. The van der Waals surface area contributed by atoms with Crippen molar-refractivity contribution in [1.82, 2.24) is 5.32 Å². The molecule has 2 aromatic rings. The van der Waals surface area contributed by atoms with Crippen molar-refractivity contribution in [2.24, 2.45) is 0 Å². The number of ether oxygens (including phenoxy) is 1. The van der Waals surface area contributed by atoms with Gasteiger partial charge in [-0.1, -0.05) is 35.3 Å². The number of hydrogen-bond donors (Lipinski definition) is 1. The van der Waals surface area contributed by atoms with Crippen LogP contribution < -0.4 is 5.32 Å². The number of rotatable bonds is 6. The monoisotopic (exact) mass is 369 g/mol. The van der Waals surface area contributed by atoms with Gasteiger partial charge in [-0.3, -0.25) is 4.79 Å². The van der Waals surface area contributed by atoms with Crippen LogP contribution in [0.1, 0.15) is 15.9 Å². The Morgan fingerprint density at radius 3 is 2.50 bits per heavy atom. The topological polar surface area (TPSA) is 55.4 Å². The van der Waals surface area contributed by atoms with Crippen LogP contribution in [0.2, 0.25) is 10.0 Å². The second-order valence-corrected chi connectivity index (χ2v) is 5.77. The molecule has 126 valence electrons. The molecule has 0 unspecified atom stereocenters. The van der Waals surface area contributed by atoms with Crippen molar-refractivity contribution in [1.29, 1.82) is 0 Å². The SMILES string of the molecule is O=C(COC(=O)c1cc(F)ccc1Cl)NCCc1ccc(Cl)cc1. The lowest BCUT2D eigenvalue weighted by atomic mass is 10.1. The second-order valence-electron chi connectivity index (χ2n) is 4.93. The molecule has 1 N–H and O–H groups in total. The summed E-state index contributed by atoms with van der Waals surface area (Å²) in [6.07, 6.45) is 0.618. The summed E-state index contributed by atoms with van der Waals surface area (Å²) in [6.45, 7) is -0.0783. The molecule has 24 heavy (non-hydrogen) atoms. The van der Waals surface area contributed by atoms with E-state index in [1.807, 2.05) is 12.1 Å². The van der Waals surface area contributed by atoms with Crippen LogP contribution in [-0.4, -0.2) is 25.0 Å². The van der Waals surface area contributed by atoms with Gasteiger partial charge in [0.05, 0.1) is 10.6 Å². The number of benzene rings is 2. The minimum absolute atomic E-state index is 0.0598. The molecule has 2 aromatic carbocycles. The maximum Gasteiger partial charge on any atom is 0.340 e. The third-order valence-corrected chi connectivity index (χ3v) is 3.71. The highest BCUT2D eigenvalue weighted by Crippen LogP contribution is 2.17. The Bertz CT molecular complexity index is 735. The van der Waals surface area contributed by atoms with Gasteiger partial charge in [-0.25, -0.2) is 9.18 Å². The van der Waals surface area contributed by atoms with Crippen LogP contribution in [0.5, 0.6) is 0 Å². The fourth-order valence-corrected chi connectivity index (χ4v) is 2.23. The smallest absolute Gasteiger partial charge is 0.340 e. The molecule has 0 heterocycles. The number of carbonyl (C=O) groups is 2. The highest BCUT2D eigenvalue weighted by atomic mass is 35.5. The number of nitrogens with one attached hydrogen (secondary N) is 1. The van der Waals surface area contributed by atoms with Gasteiger partial charge < -0.3 is 10.1 Å². The molecule has 0 atom stereocenters. The van der Waals surface area contributed by atoms with Crippen molar-refractivity contribution in [2.45, 2.75) is 6.42 Å². The van der Waals surface area contributed by atoms with Gasteiger partial charge in [-0.15, -0.1) is 0 Å². The van der Waals surface area contributed by atoms with Crippen LogP contribution in [-0.2, 0) is 16.0 Å². The average molecular weight is 370 g/mol. The van der Waals surface area contributed by atoms with Gasteiger partial charge >= 0.3 is 5.97 Å². The van der Waals surface area contributed by atoms with Gasteiger partial charge in [0.15, 0.2) is 6.61 Å². The van der Waals surface area contributed by atoms with Crippen LogP contribution >= 0.6 is 23.2 Å². The molecule has 0 saturated heterocycles. The Morgan fingerprint density at radius 1 is 1.08 bits per heavy atom.